The molecule has 1 heterocycles. The monoisotopic (exact) mass is 339 g/mol. The number of rotatable bonds is 4. The Hall–Kier alpha value is -2.66. The molecule has 1 aliphatic rings. The Morgan fingerprint density at radius 3 is 2.56 bits per heavy atom. The van der Waals surface area contributed by atoms with Crippen LogP contribution in [0.2, 0.25) is 0 Å². The molecule has 0 aromatic heterocycles. The van der Waals surface area contributed by atoms with E-state index in [2.05, 4.69) is 5.32 Å². The molecule has 0 bridgehead atoms. The van der Waals surface area contributed by atoms with Crippen molar-refractivity contribution in [3.63, 3.8) is 0 Å². The largest absolute Gasteiger partial charge is 0.478 e. The number of amides is 1. The lowest BCUT2D eigenvalue weighted by Crippen LogP contribution is -2.42. The summed E-state index contributed by atoms with van der Waals surface area (Å²) in [6, 6.07) is 14.0. The zero-order chi connectivity index (χ0) is 17.8. The maximum Gasteiger partial charge on any atom is 0.335 e. The van der Waals surface area contributed by atoms with Gasteiger partial charge in [0.05, 0.1) is 11.6 Å². The first-order valence-corrected chi connectivity index (χ1v) is 8.37. The molecule has 2 aromatic carbocycles. The van der Waals surface area contributed by atoms with Crippen molar-refractivity contribution in [1.82, 2.24) is 5.32 Å². The van der Waals surface area contributed by atoms with E-state index in [4.69, 9.17) is 9.84 Å². The molecule has 0 radical (unpaired) electrons. The van der Waals surface area contributed by atoms with Crippen molar-refractivity contribution in [3.8, 4) is 0 Å². The third-order valence-corrected chi connectivity index (χ3v) is 4.42. The van der Waals surface area contributed by atoms with Crippen LogP contribution >= 0.6 is 0 Å². The number of hydrogen-bond donors (Lipinski definition) is 2. The molecule has 1 amide bonds. The number of hydrogen-bond acceptors (Lipinski definition) is 3. The third kappa shape index (κ3) is 4.06. The van der Waals surface area contributed by atoms with Gasteiger partial charge in [0, 0.05) is 12.2 Å². The zero-order valence-electron chi connectivity index (χ0n) is 14.1. The van der Waals surface area contributed by atoms with E-state index in [1.165, 1.54) is 17.7 Å². The lowest BCUT2D eigenvalue weighted by atomic mass is 9.95. The predicted molar refractivity (Wildman–Crippen MR) is 93.8 cm³/mol. The Morgan fingerprint density at radius 1 is 1.12 bits per heavy atom. The molecule has 5 heteroatoms. The summed E-state index contributed by atoms with van der Waals surface area (Å²) in [6.07, 6.45) is 1.51. The van der Waals surface area contributed by atoms with Crippen molar-refractivity contribution in [2.45, 2.75) is 31.9 Å². The summed E-state index contributed by atoms with van der Waals surface area (Å²) in [7, 11) is 0. The van der Waals surface area contributed by atoms with Crippen LogP contribution in [0.3, 0.4) is 0 Å². The molecule has 2 aromatic rings. The molecule has 25 heavy (non-hydrogen) atoms. The summed E-state index contributed by atoms with van der Waals surface area (Å²) < 4.78 is 5.91. The number of nitrogens with one attached hydrogen (secondary N) is 1. The van der Waals surface area contributed by atoms with Crippen LogP contribution in [-0.2, 0) is 4.74 Å². The molecular weight excluding hydrogens is 318 g/mol. The number of carboxylic acid groups (broad SMARTS) is 1. The number of aryl methyl sites for hydroxylation is 1. The molecule has 130 valence electrons. The second-order valence-electron chi connectivity index (χ2n) is 6.31. The average molecular weight is 339 g/mol. The quantitative estimate of drug-likeness (QED) is 0.896. The highest BCUT2D eigenvalue weighted by Gasteiger charge is 2.29. The molecule has 1 saturated heterocycles. The first-order chi connectivity index (χ1) is 12.0. The van der Waals surface area contributed by atoms with Crippen LogP contribution in [0, 0.1) is 6.92 Å². The van der Waals surface area contributed by atoms with Crippen LogP contribution < -0.4 is 5.32 Å². The standard InChI is InChI=1S/C20H21NO4/c1-13-7-9-14(10-8-13)18-17(6-3-11-25-18)21-19(22)15-4-2-5-16(12-15)20(23)24/h2,4-5,7-10,12,17-18H,3,6,11H2,1H3,(H,21,22)(H,23,24). The smallest absolute Gasteiger partial charge is 0.335 e. The number of carboxylic acids is 1. The van der Waals surface area contributed by atoms with Crippen LogP contribution in [0.1, 0.15) is 50.8 Å². The molecule has 3 rings (SSSR count). The minimum absolute atomic E-state index is 0.0997. The normalized spacial score (nSPS) is 20.0. The SMILES string of the molecule is Cc1ccc(C2OCCCC2NC(=O)c2cccc(C(=O)O)c2)cc1. The maximum absolute atomic E-state index is 12.6. The number of carbonyl (C=O) groups excluding carboxylic acids is 1. The van der Waals surface area contributed by atoms with Crippen molar-refractivity contribution in [1.29, 1.82) is 0 Å². The van der Waals surface area contributed by atoms with Gasteiger partial charge in [-0.2, -0.15) is 0 Å². The number of ether oxygens (including phenoxy) is 1. The molecule has 1 aliphatic heterocycles. The van der Waals surface area contributed by atoms with Crippen LogP contribution in [-0.4, -0.2) is 29.6 Å². The Balaban J connectivity index is 1.77. The van der Waals surface area contributed by atoms with Crippen LogP contribution in [0.4, 0.5) is 0 Å². The summed E-state index contributed by atoms with van der Waals surface area (Å²) >= 11 is 0. The van der Waals surface area contributed by atoms with E-state index in [9.17, 15) is 9.59 Å². The lowest BCUT2D eigenvalue weighted by Gasteiger charge is -2.32. The first-order valence-electron chi connectivity index (χ1n) is 8.37. The average Bonchev–Trinajstić information content (AvgIpc) is 2.63. The van der Waals surface area contributed by atoms with Crippen LogP contribution in [0.15, 0.2) is 48.5 Å². The molecule has 5 nitrogen and oxygen atoms in total. The molecule has 0 saturated carbocycles. The highest BCUT2D eigenvalue weighted by molar-refractivity contribution is 5.97. The van der Waals surface area contributed by atoms with Crippen molar-refractivity contribution >= 4 is 11.9 Å². The maximum atomic E-state index is 12.6. The van der Waals surface area contributed by atoms with Gasteiger partial charge in [0.25, 0.3) is 5.91 Å². The third-order valence-electron chi connectivity index (χ3n) is 4.42. The molecule has 2 N–H and O–H groups in total. The Labute approximate surface area is 146 Å². The number of aromatic carboxylic acids is 1. The van der Waals surface area contributed by atoms with Gasteiger partial charge in [-0.3, -0.25) is 4.79 Å². The second kappa shape index (κ2) is 7.49. The van der Waals surface area contributed by atoms with Gasteiger partial charge in [-0.15, -0.1) is 0 Å². The van der Waals surface area contributed by atoms with E-state index in [1.807, 2.05) is 31.2 Å². The fourth-order valence-electron chi connectivity index (χ4n) is 3.06. The molecule has 2 unspecified atom stereocenters. The van der Waals surface area contributed by atoms with E-state index in [0.717, 1.165) is 18.4 Å². The predicted octanol–water partition coefficient (Wildman–Crippen LogP) is 3.34. The first kappa shape index (κ1) is 17.2. The van der Waals surface area contributed by atoms with Gasteiger partial charge in [-0.05, 0) is 43.5 Å². The fourth-order valence-corrected chi connectivity index (χ4v) is 3.06. The van der Waals surface area contributed by atoms with E-state index in [0.29, 0.717) is 12.2 Å². The topological polar surface area (TPSA) is 75.6 Å². The van der Waals surface area contributed by atoms with E-state index in [-0.39, 0.29) is 23.6 Å². The summed E-state index contributed by atoms with van der Waals surface area (Å²) in [6.45, 7) is 2.69. The van der Waals surface area contributed by atoms with Crippen molar-refractivity contribution < 1.29 is 19.4 Å². The minimum Gasteiger partial charge on any atom is -0.478 e. The van der Waals surface area contributed by atoms with Crippen LogP contribution in [0.5, 0.6) is 0 Å². The molecule has 0 aliphatic carbocycles. The fraction of sp³-hybridized carbons (Fsp3) is 0.300. The van der Waals surface area contributed by atoms with Gasteiger partial charge in [-0.25, -0.2) is 4.79 Å². The van der Waals surface area contributed by atoms with Crippen molar-refractivity contribution in [2.24, 2.45) is 0 Å². The van der Waals surface area contributed by atoms with Gasteiger partial charge >= 0.3 is 5.97 Å². The Morgan fingerprint density at radius 2 is 1.84 bits per heavy atom. The van der Waals surface area contributed by atoms with Gasteiger partial charge < -0.3 is 15.2 Å². The highest BCUT2D eigenvalue weighted by atomic mass is 16.5. The molecule has 0 spiro atoms. The zero-order valence-corrected chi connectivity index (χ0v) is 14.1. The number of carbonyl (C=O) groups is 2. The summed E-state index contributed by atoms with van der Waals surface area (Å²) in [5, 5.41) is 12.1. The van der Waals surface area contributed by atoms with Crippen LogP contribution in [0.25, 0.3) is 0 Å². The summed E-state index contributed by atoms with van der Waals surface area (Å²) in [5.41, 5.74) is 2.65. The molecule has 1 fully saturated rings. The van der Waals surface area contributed by atoms with Crippen molar-refractivity contribution in [2.75, 3.05) is 6.61 Å². The minimum atomic E-state index is -1.05. The van der Waals surface area contributed by atoms with Gasteiger partial charge in [0.2, 0.25) is 0 Å². The van der Waals surface area contributed by atoms with E-state index >= 15 is 0 Å². The Bertz CT molecular complexity index is 770. The highest BCUT2D eigenvalue weighted by Crippen LogP contribution is 2.29. The van der Waals surface area contributed by atoms with Crippen molar-refractivity contribution in [3.05, 3.63) is 70.8 Å². The Kier molecular flexibility index (Phi) is 5.14. The second-order valence-corrected chi connectivity index (χ2v) is 6.31. The molecule has 2 atom stereocenters. The van der Waals surface area contributed by atoms with Gasteiger partial charge in [0.15, 0.2) is 0 Å². The van der Waals surface area contributed by atoms with Gasteiger partial charge in [-0.1, -0.05) is 35.9 Å². The summed E-state index contributed by atoms with van der Waals surface area (Å²) in [4.78, 5) is 23.6. The van der Waals surface area contributed by atoms with Gasteiger partial charge in [0.1, 0.15) is 6.10 Å². The number of benzene rings is 2. The lowest BCUT2D eigenvalue weighted by molar-refractivity contribution is -0.00946. The summed E-state index contributed by atoms with van der Waals surface area (Å²) in [5.74, 6) is -1.33. The molecular formula is C20H21NO4. The van der Waals surface area contributed by atoms with E-state index in [1.54, 1.807) is 12.1 Å². The van der Waals surface area contributed by atoms with E-state index < -0.39 is 5.97 Å².